The molecule has 0 aliphatic carbocycles. The second-order valence-electron chi connectivity index (χ2n) is 7.31. The number of carboxylic acid groups (broad SMARTS) is 1. The molecule has 0 radical (unpaired) electrons. The van der Waals surface area contributed by atoms with E-state index in [0.29, 0.717) is 22.8 Å². The first-order valence-electron chi connectivity index (χ1n) is 10.0. The summed E-state index contributed by atoms with van der Waals surface area (Å²) in [5, 5.41) is 13.0. The first-order valence-corrected chi connectivity index (χ1v) is 10.8. The molecule has 1 heterocycles. The van der Waals surface area contributed by atoms with Crippen LogP contribution in [0.25, 0.3) is 16.2 Å². The predicted molar refractivity (Wildman–Crippen MR) is 127 cm³/mol. The van der Waals surface area contributed by atoms with Crippen LogP contribution in [0.3, 0.4) is 0 Å². The molecule has 6 heteroatoms. The lowest BCUT2D eigenvalue weighted by molar-refractivity contribution is -0.132. The van der Waals surface area contributed by atoms with Crippen molar-refractivity contribution in [2.45, 2.75) is 13.5 Å². The van der Waals surface area contributed by atoms with Gasteiger partial charge in [-0.15, -0.1) is 11.3 Å². The Labute approximate surface area is 189 Å². The summed E-state index contributed by atoms with van der Waals surface area (Å²) in [7, 11) is 0. The van der Waals surface area contributed by atoms with Crippen LogP contribution >= 0.6 is 11.3 Å². The van der Waals surface area contributed by atoms with E-state index in [4.69, 9.17) is 4.74 Å². The van der Waals surface area contributed by atoms with Gasteiger partial charge in [-0.2, -0.15) is 0 Å². The van der Waals surface area contributed by atoms with Gasteiger partial charge in [0.15, 0.2) is 0 Å². The molecule has 32 heavy (non-hydrogen) atoms. The van der Waals surface area contributed by atoms with Crippen molar-refractivity contribution in [3.05, 3.63) is 106 Å². The van der Waals surface area contributed by atoms with Crippen LogP contribution in [0.1, 0.15) is 26.4 Å². The van der Waals surface area contributed by atoms with E-state index in [-0.39, 0.29) is 5.70 Å². The van der Waals surface area contributed by atoms with E-state index in [9.17, 15) is 14.7 Å². The van der Waals surface area contributed by atoms with Gasteiger partial charge in [0.25, 0.3) is 5.91 Å². The number of amides is 1. The third-order valence-corrected chi connectivity index (χ3v) is 5.92. The van der Waals surface area contributed by atoms with Gasteiger partial charge >= 0.3 is 5.97 Å². The number of carbonyl (C=O) groups excluding carboxylic acids is 1. The molecule has 1 amide bonds. The number of benzene rings is 3. The maximum Gasteiger partial charge on any atom is 0.352 e. The summed E-state index contributed by atoms with van der Waals surface area (Å²) < 4.78 is 6.77. The number of carboxylic acids is 1. The van der Waals surface area contributed by atoms with Crippen LogP contribution in [0.5, 0.6) is 5.75 Å². The SMILES string of the molecule is Cc1cccc(COc2ccc(/C=C(\NC(=O)c3cc4ccccc4s3)C(=O)O)cc2)c1. The van der Waals surface area contributed by atoms with Crippen LogP contribution in [0, 0.1) is 6.92 Å². The first-order chi connectivity index (χ1) is 15.5. The van der Waals surface area contributed by atoms with Crippen molar-refractivity contribution >= 4 is 39.4 Å². The number of rotatable bonds is 7. The Bertz CT molecular complexity index is 1270. The van der Waals surface area contributed by atoms with E-state index in [0.717, 1.165) is 15.6 Å². The van der Waals surface area contributed by atoms with Gasteiger partial charge in [-0.25, -0.2) is 4.79 Å². The molecule has 1 aromatic heterocycles. The average Bonchev–Trinajstić information content (AvgIpc) is 3.23. The molecule has 0 bridgehead atoms. The topological polar surface area (TPSA) is 75.6 Å². The number of thiophene rings is 1. The molecule has 0 aliphatic rings. The summed E-state index contributed by atoms with van der Waals surface area (Å²) in [4.78, 5) is 24.7. The lowest BCUT2D eigenvalue weighted by Crippen LogP contribution is -2.26. The second kappa shape index (κ2) is 9.49. The molecule has 0 unspecified atom stereocenters. The van der Waals surface area contributed by atoms with Gasteiger partial charge in [0.1, 0.15) is 18.1 Å². The summed E-state index contributed by atoms with van der Waals surface area (Å²) in [5.41, 5.74) is 2.69. The summed E-state index contributed by atoms with van der Waals surface area (Å²) in [6.07, 6.45) is 1.43. The molecule has 0 saturated heterocycles. The lowest BCUT2D eigenvalue weighted by Gasteiger charge is -2.08. The van der Waals surface area contributed by atoms with E-state index in [1.165, 1.54) is 23.0 Å². The van der Waals surface area contributed by atoms with Crippen molar-refractivity contribution in [1.82, 2.24) is 5.32 Å². The summed E-state index contributed by atoms with van der Waals surface area (Å²) >= 11 is 1.32. The van der Waals surface area contributed by atoms with Crippen LogP contribution in [-0.2, 0) is 11.4 Å². The molecule has 4 rings (SSSR count). The maximum atomic E-state index is 12.6. The molecule has 5 nitrogen and oxygen atoms in total. The number of aryl methyl sites for hydroxylation is 1. The second-order valence-corrected chi connectivity index (χ2v) is 8.40. The smallest absolute Gasteiger partial charge is 0.352 e. The molecule has 0 saturated carbocycles. The highest BCUT2D eigenvalue weighted by Gasteiger charge is 2.15. The van der Waals surface area contributed by atoms with Crippen molar-refractivity contribution in [2.24, 2.45) is 0 Å². The van der Waals surface area contributed by atoms with Gasteiger partial charge < -0.3 is 15.2 Å². The fourth-order valence-corrected chi connectivity index (χ4v) is 4.18. The van der Waals surface area contributed by atoms with Crippen LogP contribution in [-0.4, -0.2) is 17.0 Å². The molecular weight excluding hydrogens is 422 g/mol. The molecule has 160 valence electrons. The lowest BCUT2D eigenvalue weighted by atomic mass is 10.1. The molecule has 0 aliphatic heterocycles. The Kier molecular flexibility index (Phi) is 6.33. The van der Waals surface area contributed by atoms with Crippen LogP contribution < -0.4 is 10.1 Å². The van der Waals surface area contributed by atoms with Gasteiger partial charge in [0.05, 0.1) is 4.88 Å². The van der Waals surface area contributed by atoms with Gasteiger partial charge in [0, 0.05) is 4.70 Å². The highest BCUT2D eigenvalue weighted by atomic mass is 32.1. The minimum Gasteiger partial charge on any atom is -0.489 e. The zero-order chi connectivity index (χ0) is 22.5. The Balaban J connectivity index is 1.44. The van der Waals surface area contributed by atoms with Gasteiger partial charge in [-0.05, 0) is 53.8 Å². The van der Waals surface area contributed by atoms with Crippen LogP contribution in [0.15, 0.2) is 84.6 Å². The molecule has 0 atom stereocenters. The number of hydrogen-bond donors (Lipinski definition) is 2. The monoisotopic (exact) mass is 443 g/mol. The van der Waals surface area contributed by atoms with Crippen molar-refractivity contribution in [3.8, 4) is 5.75 Å². The highest BCUT2D eigenvalue weighted by Crippen LogP contribution is 2.25. The molecule has 2 N–H and O–H groups in total. The molecule has 0 spiro atoms. The van der Waals surface area contributed by atoms with Gasteiger partial charge in [-0.3, -0.25) is 4.79 Å². The third-order valence-electron chi connectivity index (χ3n) is 4.81. The minimum absolute atomic E-state index is 0.194. The average molecular weight is 444 g/mol. The summed E-state index contributed by atoms with van der Waals surface area (Å²) in [6, 6.07) is 24.5. The van der Waals surface area contributed by atoms with E-state index in [2.05, 4.69) is 11.4 Å². The van der Waals surface area contributed by atoms with Crippen molar-refractivity contribution in [1.29, 1.82) is 0 Å². The van der Waals surface area contributed by atoms with Crippen molar-refractivity contribution < 1.29 is 19.4 Å². The largest absolute Gasteiger partial charge is 0.489 e. The number of fused-ring (bicyclic) bond motifs is 1. The predicted octanol–water partition coefficient (Wildman–Crippen LogP) is 5.64. The van der Waals surface area contributed by atoms with Crippen LogP contribution in [0.2, 0.25) is 0 Å². The molecule has 4 aromatic rings. The molecule has 3 aromatic carbocycles. The Morgan fingerprint density at radius 1 is 1.00 bits per heavy atom. The van der Waals surface area contributed by atoms with E-state index >= 15 is 0 Å². The number of carbonyl (C=O) groups is 2. The number of nitrogens with one attached hydrogen (secondary N) is 1. The fourth-order valence-electron chi connectivity index (χ4n) is 3.22. The Morgan fingerprint density at radius 3 is 2.50 bits per heavy atom. The van der Waals surface area contributed by atoms with Gasteiger partial charge in [0.2, 0.25) is 0 Å². The van der Waals surface area contributed by atoms with Crippen LogP contribution in [0.4, 0.5) is 0 Å². The number of hydrogen-bond acceptors (Lipinski definition) is 4. The molecular formula is C26H21NO4S. The third kappa shape index (κ3) is 5.22. The van der Waals surface area contributed by atoms with Crippen molar-refractivity contribution in [3.63, 3.8) is 0 Å². The minimum atomic E-state index is -1.21. The Hall–Kier alpha value is -3.90. The highest BCUT2D eigenvalue weighted by molar-refractivity contribution is 7.20. The zero-order valence-electron chi connectivity index (χ0n) is 17.4. The number of aliphatic carboxylic acids is 1. The normalized spacial score (nSPS) is 11.3. The summed E-state index contributed by atoms with van der Waals surface area (Å²) in [6.45, 7) is 2.48. The van der Waals surface area contributed by atoms with E-state index in [1.807, 2.05) is 49.4 Å². The number of ether oxygens (including phenoxy) is 1. The maximum absolute atomic E-state index is 12.6. The quantitative estimate of drug-likeness (QED) is 0.362. The van der Waals surface area contributed by atoms with Crippen molar-refractivity contribution in [2.75, 3.05) is 0 Å². The summed E-state index contributed by atoms with van der Waals surface area (Å²) in [5.74, 6) is -0.980. The Morgan fingerprint density at radius 2 is 1.78 bits per heavy atom. The van der Waals surface area contributed by atoms with E-state index in [1.54, 1.807) is 30.3 Å². The standard InChI is InChI=1S/C26H21NO4S/c1-17-5-4-6-19(13-17)16-31-21-11-9-18(10-12-21)14-22(26(29)30)27-25(28)24-15-20-7-2-3-8-23(20)32-24/h2-15H,16H2,1H3,(H,27,28)(H,29,30)/b22-14-. The molecule has 0 fully saturated rings. The van der Waals surface area contributed by atoms with E-state index < -0.39 is 11.9 Å². The first kappa shape index (κ1) is 21.3. The fraction of sp³-hybridized carbons (Fsp3) is 0.0769. The zero-order valence-corrected chi connectivity index (χ0v) is 18.2. The van der Waals surface area contributed by atoms with Gasteiger partial charge in [-0.1, -0.05) is 60.2 Å².